The van der Waals surface area contributed by atoms with Crippen molar-refractivity contribution in [1.29, 1.82) is 0 Å². The van der Waals surface area contributed by atoms with Crippen molar-refractivity contribution in [1.82, 2.24) is 0 Å². The summed E-state index contributed by atoms with van der Waals surface area (Å²) in [5, 5.41) is 0. The van der Waals surface area contributed by atoms with Crippen molar-refractivity contribution >= 4 is 0 Å². The van der Waals surface area contributed by atoms with Crippen LogP contribution in [0.2, 0.25) is 0 Å². The summed E-state index contributed by atoms with van der Waals surface area (Å²) in [7, 11) is 0. The molecule has 0 amide bonds. The largest absolute Gasteiger partial charge is 0.488 e. The van der Waals surface area contributed by atoms with E-state index in [1.165, 1.54) is 44.5 Å². The first-order chi connectivity index (χ1) is 37.7. The van der Waals surface area contributed by atoms with Crippen LogP contribution in [-0.2, 0) is 73.8 Å². The highest BCUT2D eigenvalue weighted by molar-refractivity contribution is 5.60. The molecule has 1 aliphatic rings. The van der Waals surface area contributed by atoms with E-state index in [-0.39, 0.29) is 21.7 Å². The van der Waals surface area contributed by atoms with E-state index in [9.17, 15) is 0 Å². The molecule has 0 atom stereocenters. The van der Waals surface area contributed by atoms with Crippen LogP contribution < -0.4 is 18.9 Å². The number of benzene rings is 8. The van der Waals surface area contributed by atoms with Gasteiger partial charge < -0.3 is 18.9 Å². The second-order valence-electron chi connectivity index (χ2n) is 27.3. The fraction of sp³-hybridized carbons (Fsp3) is 0.368. The highest BCUT2D eigenvalue weighted by Crippen LogP contribution is 2.45. The van der Waals surface area contributed by atoms with Crippen LogP contribution in [0.4, 0.5) is 0 Å². The molecule has 0 unspecified atom stereocenters. The average molecular weight is 1070 g/mol. The van der Waals surface area contributed by atoms with Gasteiger partial charge in [-0.2, -0.15) is 0 Å². The minimum Gasteiger partial charge on any atom is -0.488 e. The van der Waals surface area contributed by atoms with Gasteiger partial charge in [0.1, 0.15) is 49.4 Å². The lowest BCUT2D eigenvalue weighted by Crippen LogP contribution is -2.17. The third kappa shape index (κ3) is 14.1. The number of ether oxygens (including phenoxy) is 4. The summed E-state index contributed by atoms with van der Waals surface area (Å²) in [6.07, 6.45) is 2.37. The smallest absolute Gasteiger partial charge is 0.126 e. The fourth-order valence-electron chi connectivity index (χ4n) is 10.7. The van der Waals surface area contributed by atoms with Crippen LogP contribution >= 0.6 is 0 Å². The Morgan fingerprint density at radius 3 is 0.537 bits per heavy atom. The van der Waals surface area contributed by atoms with Gasteiger partial charge in [0.05, 0.1) is 0 Å². The van der Waals surface area contributed by atoms with E-state index in [1.54, 1.807) is 0 Å². The first-order valence-corrected chi connectivity index (χ1v) is 29.1. The predicted octanol–water partition coefficient (Wildman–Crippen LogP) is 19.1. The summed E-state index contributed by atoms with van der Waals surface area (Å²) in [6.45, 7) is 38.2. The van der Waals surface area contributed by atoms with Gasteiger partial charge in [0.25, 0.3) is 0 Å². The zero-order chi connectivity index (χ0) is 57.3. The molecule has 8 aromatic carbocycles. The van der Waals surface area contributed by atoms with Crippen molar-refractivity contribution in [2.45, 2.75) is 185 Å². The molecule has 8 aromatic rings. The van der Waals surface area contributed by atoms with Crippen molar-refractivity contribution in [2.24, 2.45) is 0 Å². The van der Waals surface area contributed by atoms with E-state index in [1.807, 2.05) is 0 Å². The molecule has 0 radical (unpaired) electrons. The molecule has 0 aliphatic heterocycles. The van der Waals surface area contributed by atoms with Crippen LogP contribution in [0.15, 0.2) is 146 Å². The molecule has 4 nitrogen and oxygen atoms in total. The van der Waals surface area contributed by atoms with Gasteiger partial charge in [0.15, 0.2) is 0 Å². The monoisotopic (exact) mass is 1060 g/mol. The topological polar surface area (TPSA) is 36.9 Å². The standard InChI is InChI=1S/C76H88O4/c1-49-17-25-53(26-18-49)45-77-69-57-33-59-39-66(74(8,9)10)41-61(70(59)78-46-54-27-19-50(2)20-28-54)35-63-43-68(76(14,15)16)44-64(72(63)80-48-56-31-23-52(4)24-32-56)36-62-42-67(75(11,12)13)40-60(34-58(69)38-65(37-57)73(5,6)7)71(62)79-47-55-29-21-51(3)22-30-55/h17-32,37-44H,33-36,45-48H2,1-16H3. The maximum Gasteiger partial charge on any atom is 0.126 e. The number of fused-ring (bicyclic) bond motifs is 8. The van der Waals surface area contributed by atoms with Gasteiger partial charge in [-0.05, 0) is 138 Å². The molecule has 416 valence electrons. The highest BCUT2D eigenvalue weighted by Gasteiger charge is 2.30. The van der Waals surface area contributed by atoms with Gasteiger partial charge in [0.2, 0.25) is 0 Å². The first-order valence-electron chi connectivity index (χ1n) is 29.1. The zero-order valence-corrected chi connectivity index (χ0v) is 51.1. The van der Waals surface area contributed by atoms with Crippen LogP contribution in [0.3, 0.4) is 0 Å². The maximum absolute atomic E-state index is 7.37. The summed E-state index contributed by atoms with van der Waals surface area (Å²) in [6, 6.07) is 54.4. The number of aryl methyl sites for hydroxylation is 4. The first kappa shape index (κ1) is 57.6. The quantitative estimate of drug-likeness (QED) is 0.122. The van der Waals surface area contributed by atoms with E-state index in [0.717, 1.165) is 89.8 Å². The lowest BCUT2D eigenvalue weighted by Gasteiger charge is -2.29. The molecule has 0 aromatic heterocycles. The predicted molar refractivity (Wildman–Crippen MR) is 334 cm³/mol. The molecule has 0 heterocycles. The zero-order valence-electron chi connectivity index (χ0n) is 51.1. The van der Waals surface area contributed by atoms with E-state index in [0.29, 0.717) is 52.1 Å². The molecule has 0 spiro atoms. The Morgan fingerprint density at radius 2 is 0.400 bits per heavy atom. The van der Waals surface area contributed by atoms with Crippen molar-refractivity contribution < 1.29 is 18.9 Å². The summed E-state index contributed by atoms with van der Waals surface area (Å²) in [4.78, 5) is 0. The minimum absolute atomic E-state index is 0.172. The van der Waals surface area contributed by atoms with E-state index in [2.05, 4.69) is 256 Å². The number of hydrogen-bond donors (Lipinski definition) is 0. The minimum atomic E-state index is -0.172. The van der Waals surface area contributed by atoms with Gasteiger partial charge in [-0.25, -0.2) is 0 Å². The summed E-state index contributed by atoms with van der Waals surface area (Å²) >= 11 is 0. The molecule has 0 N–H and O–H groups in total. The van der Waals surface area contributed by atoms with Gasteiger partial charge in [-0.3, -0.25) is 0 Å². The Kier molecular flexibility index (Phi) is 16.7. The second-order valence-corrected chi connectivity index (χ2v) is 27.3. The molecule has 0 saturated carbocycles. The van der Waals surface area contributed by atoms with Crippen molar-refractivity contribution in [3.05, 3.63) is 257 Å². The average Bonchev–Trinajstić information content (AvgIpc) is 3.39. The molecule has 9 rings (SSSR count). The van der Waals surface area contributed by atoms with Crippen molar-refractivity contribution in [2.75, 3.05) is 0 Å². The van der Waals surface area contributed by atoms with E-state index >= 15 is 0 Å². The second kappa shape index (κ2) is 23.2. The van der Waals surface area contributed by atoms with Crippen molar-refractivity contribution in [3.8, 4) is 23.0 Å². The van der Waals surface area contributed by atoms with Gasteiger partial charge >= 0.3 is 0 Å². The number of rotatable bonds is 12. The Morgan fingerprint density at radius 1 is 0.250 bits per heavy atom. The SMILES string of the molecule is Cc1ccc(COc2c3cc(C(C)(C)C)cc2Cc2cc(C(C)(C)C)cc(c2OCc2ccc(C)cc2)Cc2cc(C(C)(C)C)cc(c2OCc2ccc(C)cc2)Cc2cc(C(C)(C)C)cc(c2OCc2ccc(C)cc2)C3)cc1. The lowest BCUT2D eigenvalue weighted by molar-refractivity contribution is 0.293. The van der Waals surface area contributed by atoms with Crippen LogP contribution in [0.1, 0.15) is 194 Å². The summed E-state index contributed by atoms with van der Waals surface area (Å²) in [5.74, 6) is 3.66. The Hall–Kier alpha value is -7.04. The van der Waals surface area contributed by atoms with Crippen LogP contribution in [0.25, 0.3) is 0 Å². The molecule has 0 fully saturated rings. The molecular formula is C76H88O4. The molecule has 80 heavy (non-hydrogen) atoms. The van der Waals surface area contributed by atoms with Crippen LogP contribution in [0, 0.1) is 27.7 Å². The normalized spacial score (nSPS) is 13.0. The lowest BCUT2D eigenvalue weighted by atomic mass is 9.79. The molecule has 4 heteroatoms. The van der Waals surface area contributed by atoms with Gasteiger partial charge in [-0.15, -0.1) is 0 Å². The van der Waals surface area contributed by atoms with Crippen LogP contribution in [-0.4, -0.2) is 0 Å². The fourth-order valence-corrected chi connectivity index (χ4v) is 10.7. The summed E-state index contributed by atoms with van der Waals surface area (Å²) in [5.41, 5.74) is 22.9. The molecule has 0 saturated heterocycles. The summed E-state index contributed by atoms with van der Waals surface area (Å²) < 4.78 is 29.5. The third-order valence-electron chi connectivity index (χ3n) is 16.0. The van der Waals surface area contributed by atoms with Gasteiger partial charge in [0, 0.05) is 25.7 Å². The van der Waals surface area contributed by atoms with Crippen molar-refractivity contribution in [3.63, 3.8) is 0 Å². The van der Waals surface area contributed by atoms with E-state index in [4.69, 9.17) is 18.9 Å². The Labute approximate surface area is 480 Å². The van der Waals surface area contributed by atoms with E-state index < -0.39 is 0 Å². The van der Waals surface area contributed by atoms with Gasteiger partial charge in [-0.1, -0.05) is 251 Å². The molecular weight excluding hydrogens is 977 g/mol. The number of hydrogen-bond acceptors (Lipinski definition) is 4. The Balaban J connectivity index is 1.38. The third-order valence-corrected chi connectivity index (χ3v) is 16.0. The molecule has 1 aliphatic carbocycles. The molecule has 8 bridgehead atoms. The highest BCUT2D eigenvalue weighted by atomic mass is 16.5. The van der Waals surface area contributed by atoms with Crippen LogP contribution in [0.5, 0.6) is 23.0 Å². The maximum atomic E-state index is 7.37. The Bertz CT molecular complexity index is 2900.